The summed E-state index contributed by atoms with van der Waals surface area (Å²) < 4.78 is 30.3. The highest BCUT2D eigenvalue weighted by atomic mass is 19.3. The number of carbonyl (C=O) groups excluding carboxylic acids is 2. The van der Waals surface area contributed by atoms with Gasteiger partial charge in [0.1, 0.15) is 18.9 Å². The Bertz CT molecular complexity index is 462. The fourth-order valence-electron chi connectivity index (χ4n) is 1.62. The van der Waals surface area contributed by atoms with Gasteiger partial charge in [0.2, 0.25) is 5.92 Å². The van der Waals surface area contributed by atoms with Crippen molar-refractivity contribution in [1.29, 1.82) is 0 Å². The van der Waals surface area contributed by atoms with Crippen molar-refractivity contribution in [3.63, 3.8) is 0 Å². The Morgan fingerprint density at radius 1 is 1.43 bits per heavy atom. The largest absolute Gasteiger partial charge is 0.445 e. The zero-order chi connectivity index (χ0) is 15.9. The topological polar surface area (TPSA) is 75.6 Å². The van der Waals surface area contributed by atoms with Crippen molar-refractivity contribution >= 4 is 12.4 Å². The number of alkyl carbamates (subject to hydrolysis) is 1. The van der Waals surface area contributed by atoms with E-state index in [-0.39, 0.29) is 12.9 Å². The molecule has 2 N–H and O–H groups in total. The molecule has 2 unspecified atom stereocenters. The zero-order valence-corrected chi connectivity index (χ0v) is 11.5. The summed E-state index contributed by atoms with van der Waals surface area (Å²) in [4.78, 5) is 22.2. The maximum atomic E-state index is 12.8. The number of aldehydes is 1. The van der Waals surface area contributed by atoms with E-state index in [1.165, 1.54) is 0 Å². The van der Waals surface area contributed by atoms with Crippen LogP contribution >= 0.6 is 0 Å². The SMILES string of the molecule is CC(F)(F)CC(O)C(C=O)NC(=O)OCc1ccccc1. The molecule has 0 aromatic heterocycles. The van der Waals surface area contributed by atoms with Crippen molar-refractivity contribution in [2.75, 3.05) is 0 Å². The molecule has 0 radical (unpaired) electrons. The third-order valence-electron chi connectivity index (χ3n) is 2.63. The van der Waals surface area contributed by atoms with Crippen LogP contribution in [0.5, 0.6) is 0 Å². The predicted molar refractivity (Wildman–Crippen MR) is 70.9 cm³/mol. The summed E-state index contributed by atoms with van der Waals surface area (Å²) in [5.74, 6) is -3.14. The molecule has 7 heteroatoms. The third-order valence-corrected chi connectivity index (χ3v) is 2.63. The minimum atomic E-state index is -3.14. The van der Waals surface area contributed by atoms with Crippen LogP contribution in [0.2, 0.25) is 0 Å². The molecule has 0 aliphatic rings. The lowest BCUT2D eigenvalue weighted by atomic mass is 10.1. The lowest BCUT2D eigenvalue weighted by Gasteiger charge is -2.21. The number of hydrogen-bond donors (Lipinski definition) is 2. The smallest absolute Gasteiger partial charge is 0.408 e. The van der Waals surface area contributed by atoms with Crippen LogP contribution in [-0.4, -0.2) is 35.6 Å². The van der Waals surface area contributed by atoms with Crippen molar-refractivity contribution in [2.24, 2.45) is 0 Å². The molecule has 1 rings (SSSR count). The van der Waals surface area contributed by atoms with Crippen molar-refractivity contribution in [1.82, 2.24) is 5.32 Å². The van der Waals surface area contributed by atoms with Gasteiger partial charge in [0, 0.05) is 6.42 Å². The van der Waals surface area contributed by atoms with E-state index >= 15 is 0 Å². The molecule has 0 heterocycles. The second-order valence-electron chi connectivity index (χ2n) is 4.71. The Morgan fingerprint density at radius 3 is 2.57 bits per heavy atom. The van der Waals surface area contributed by atoms with E-state index in [0.29, 0.717) is 6.92 Å². The standard InChI is InChI=1S/C14H17F2NO4/c1-14(15,16)7-12(19)11(8-18)17-13(20)21-9-10-5-3-2-4-6-10/h2-6,8,11-12,19H,7,9H2,1H3,(H,17,20). The van der Waals surface area contributed by atoms with Gasteiger partial charge in [-0.15, -0.1) is 0 Å². The molecule has 0 fully saturated rings. The number of halogens is 2. The normalized spacial score (nSPS) is 14.1. The number of hydrogen-bond acceptors (Lipinski definition) is 4. The lowest BCUT2D eigenvalue weighted by molar-refractivity contribution is -0.113. The van der Waals surface area contributed by atoms with Gasteiger partial charge in [-0.1, -0.05) is 30.3 Å². The number of amides is 1. The Hall–Kier alpha value is -2.02. The predicted octanol–water partition coefficient (Wildman–Crippen LogP) is 1.89. The second kappa shape index (κ2) is 7.68. The zero-order valence-electron chi connectivity index (χ0n) is 11.5. The van der Waals surface area contributed by atoms with Gasteiger partial charge in [-0.3, -0.25) is 0 Å². The van der Waals surface area contributed by atoms with Crippen LogP contribution in [0.3, 0.4) is 0 Å². The number of aliphatic hydroxyl groups is 1. The fourth-order valence-corrected chi connectivity index (χ4v) is 1.62. The number of rotatable bonds is 7. The van der Waals surface area contributed by atoms with Crippen LogP contribution in [0.25, 0.3) is 0 Å². The first kappa shape index (κ1) is 17.0. The summed E-state index contributed by atoms with van der Waals surface area (Å²) in [7, 11) is 0. The molecule has 0 aliphatic heterocycles. The molecule has 0 spiro atoms. The van der Waals surface area contributed by atoms with Gasteiger partial charge in [-0.2, -0.15) is 0 Å². The molecule has 1 amide bonds. The lowest BCUT2D eigenvalue weighted by Crippen LogP contribution is -2.46. The van der Waals surface area contributed by atoms with Crippen molar-refractivity contribution < 1.29 is 28.2 Å². The summed E-state index contributed by atoms with van der Waals surface area (Å²) in [6.45, 7) is 0.587. The molecule has 0 bridgehead atoms. The molecular formula is C14H17F2NO4. The summed E-state index contributed by atoms with van der Waals surface area (Å²) in [5, 5.41) is 11.5. The molecule has 2 atom stereocenters. The van der Waals surface area contributed by atoms with Crippen LogP contribution < -0.4 is 5.32 Å². The van der Waals surface area contributed by atoms with Gasteiger partial charge in [0.25, 0.3) is 0 Å². The van der Waals surface area contributed by atoms with E-state index in [9.17, 15) is 23.5 Å². The average molecular weight is 301 g/mol. The Morgan fingerprint density at radius 2 is 2.05 bits per heavy atom. The second-order valence-corrected chi connectivity index (χ2v) is 4.71. The minimum Gasteiger partial charge on any atom is -0.445 e. The van der Waals surface area contributed by atoms with Crippen LogP contribution in [0.1, 0.15) is 18.9 Å². The van der Waals surface area contributed by atoms with Gasteiger partial charge in [0.15, 0.2) is 0 Å². The molecule has 116 valence electrons. The summed E-state index contributed by atoms with van der Waals surface area (Å²) in [6.07, 6.45) is -3.39. The number of benzene rings is 1. The van der Waals surface area contributed by atoms with E-state index in [1.54, 1.807) is 30.3 Å². The Kier molecular flexibility index (Phi) is 6.23. The quantitative estimate of drug-likeness (QED) is 0.754. The van der Waals surface area contributed by atoms with Gasteiger partial charge >= 0.3 is 6.09 Å². The van der Waals surface area contributed by atoms with Crippen LogP contribution in [0.15, 0.2) is 30.3 Å². The van der Waals surface area contributed by atoms with E-state index < -0.39 is 30.6 Å². The van der Waals surface area contributed by atoms with Crippen LogP contribution in [-0.2, 0) is 16.1 Å². The maximum Gasteiger partial charge on any atom is 0.408 e. The molecule has 0 saturated carbocycles. The van der Waals surface area contributed by atoms with Gasteiger partial charge in [0.05, 0.1) is 6.10 Å². The van der Waals surface area contributed by atoms with Crippen molar-refractivity contribution in [3.05, 3.63) is 35.9 Å². The Balaban J connectivity index is 2.45. The molecule has 1 aromatic carbocycles. The number of carbonyl (C=O) groups is 2. The summed E-state index contributed by atoms with van der Waals surface area (Å²) in [6, 6.07) is 7.34. The monoisotopic (exact) mass is 301 g/mol. The highest BCUT2D eigenvalue weighted by molar-refractivity contribution is 5.73. The van der Waals surface area contributed by atoms with Crippen LogP contribution in [0.4, 0.5) is 13.6 Å². The van der Waals surface area contributed by atoms with Gasteiger partial charge in [-0.05, 0) is 12.5 Å². The number of alkyl halides is 2. The van der Waals surface area contributed by atoms with E-state index in [0.717, 1.165) is 5.56 Å². The molecular weight excluding hydrogens is 284 g/mol. The minimum absolute atomic E-state index is 0.0295. The summed E-state index contributed by atoms with van der Waals surface area (Å²) >= 11 is 0. The van der Waals surface area contributed by atoms with E-state index in [1.807, 2.05) is 5.32 Å². The molecule has 21 heavy (non-hydrogen) atoms. The average Bonchev–Trinajstić information content (AvgIpc) is 2.41. The third kappa shape index (κ3) is 6.80. The first-order chi connectivity index (χ1) is 9.81. The molecule has 5 nitrogen and oxygen atoms in total. The van der Waals surface area contributed by atoms with E-state index in [2.05, 4.69) is 0 Å². The molecule has 1 aromatic rings. The highest BCUT2D eigenvalue weighted by Gasteiger charge is 2.31. The summed E-state index contributed by atoms with van der Waals surface area (Å²) in [5.41, 5.74) is 0.732. The number of nitrogens with one attached hydrogen (secondary N) is 1. The Labute approximate surface area is 120 Å². The first-order valence-electron chi connectivity index (χ1n) is 6.30. The fraction of sp³-hybridized carbons (Fsp3) is 0.429. The molecule has 0 aliphatic carbocycles. The van der Waals surface area contributed by atoms with Crippen molar-refractivity contribution in [2.45, 2.75) is 38.0 Å². The first-order valence-corrected chi connectivity index (χ1v) is 6.30. The van der Waals surface area contributed by atoms with Crippen LogP contribution in [0, 0.1) is 0 Å². The molecule has 0 saturated heterocycles. The highest BCUT2D eigenvalue weighted by Crippen LogP contribution is 2.20. The van der Waals surface area contributed by atoms with Gasteiger partial charge in [-0.25, -0.2) is 13.6 Å². The maximum absolute atomic E-state index is 12.8. The van der Waals surface area contributed by atoms with Gasteiger partial charge < -0.3 is 20.0 Å². The van der Waals surface area contributed by atoms with Crippen molar-refractivity contribution in [3.8, 4) is 0 Å². The number of ether oxygens (including phenoxy) is 1. The number of aliphatic hydroxyl groups excluding tert-OH is 1. The van der Waals surface area contributed by atoms with E-state index in [4.69, 9.17) is 4.74 Å².